The largest absolute Gasteiger partial charge is 0.497 e. The van der Waals surface area contributed by atoms with Crippen LogP contribution in [-0.2, 0) is 9.59 Å². The fourth-order valence-corrected chi connectivity index (χ4v) is 3.18. The van der Waals surface area contributed by atoms with Crippen LogP contribution in [0.3, 0.4) is 0 Å². The van der Waals surface area contributed by atoms with E-state index in [4.69, 9.17) is 25.8 Å². The van der Waals surface area contributed by atoms with E-state index in [0.29, 0.717) is 22.8 Å². The van der Waals surface area contributed by atoms with Crippen LogP contribution in [0.4, 0.5) is 5.69 Å². The summed E-state index contributed by atoms with van der Waals surface area (Å²) in [5.74, 6) is -1.55. The van der Waals surface area contributed by atoms with Gasteiger partial charge in [-0.05, 0) is 43.3 Å². The molecule has 3 aromatic carbocycles. The number of methoxy groups -OCH3 is 2. The highest BCUT2D eigenvalue weighted by molar-refractivity contribution is 6.39. The molecule has 0 heterocycles. The molecule has 0 unspecified atom stereocenters. The van der Waals surface area contributed by atoms with Crippen LogP contribution in [0.5, 0.6) is 17.2 Å². The number of nitrogens with zero attached hydrogens (tertiary/aromatic N) is 1. The second-order valence-electron chi connectivity index (χ2n) is 7.02. The topological polar surface area (TPSA) is 115 Å². The van der Waals surface area contributed by atoms with Crippen LogP contribution in [0.1, 0.15) is 22.8 Å². The number of benzene rings is 3. The molecule has 35 heavy (non-hydrogen) atoms. The van der Waals surface area contributed by atoms with Gasteiger partial charge in [-0.25, -0.2) is 10.2 Å². The van der Waals surface area contributed by atoms with Gasteiger partial charge in [-0.2, -0.15) is 5.10 Å². The Labute approximate surface area is 206 Å². The molecule has 0 bridgehead atoms. The lowest BCUT2D eigenvalue weighted by atomic mass is 10.1. The summed E-state index contributed by atoms with van der Waals surface area (Å²) < 4.78 is 15.8. The number of esters is 1. The van der Waals surface area contributed by atoms with Gasteiger partial charge in [0.1, 0.15) is 17.2 Å². The number of hydrazone groups is 1. The molecule has 0 aliphatic heterocycles. The van der Waals surface area contributed by atoms with Gasteiger partial charge in [-0.1, -0.05) is 35.9 Å². The van der Waals surface area contributed by atoms with Gasteiger partial charge in [0.05, 0.1) is 36.2 Å². The van der Waals surface area contributed by atoms with Crippen molar-refractivity contribution in [3.8, 4) is 17.2 Å². The Morgan fingerprint density at radius 2 is 1.51 bits per heavy atom. The van der Waals surface area contributed by atoms with Gasteiger partial charge in [-0.15, -0.1) is 0 Å². The van der Waals surface area contributed by atoms with E-state index in [1.807, 2.05) is 0 Å². The molecule has 0 atom stereocenters. The van der Waals surface area contributed by atoms with Crippen LogP contribution in [0.15, 0.2) is 71.8 Å². The number of halogens is 1. The van der Waals surface area contributed by atoms with Crippen LogP contribution >= 0.6 is 11.6 Å². The summed E-state index contributed by atoms with van der Waals surface area (Å²) >= 11 is 6.07. The van der Waals surface area contributed by atoms with Crippen molar-refractivity contribution in [2.24, 2.45) is 5.10 Å². The number of nitrogens with one attached hydrogen (secondary N) is 2. The number of rotatable bonds is 7. The summed E-state index contributed by atoms with van der Waals surface area (Å²) in [5, 5.41) is 6.68. The zero-order chi connectivity index (χ0) is 25.4. The minimum Gasteiger partial charge on any atom is -0.497 e. The number of hydrogen-bond acceptors (Lipinski definition) is 7. The highest BCUT2D eigenvalue weighted by atomic mass is 35.5. The number of ether oxygens (including phenoxy) is 3. The zero-order valence-corrected chi connectivity index (χ0v) is 19.9. The lowest BCUT2D eigenvalue weighted by molar-refractivity contribution is -0.136. The van der Waals surface area contributed by atoms with Crippen molar-refractivity contribution in [2.45, 2.75) is 6.92 Å². The molecule has 3 rings (SSSR count). The fraction of sp³-hybridized carbons (Fsp3) is 0.120. The molecule has 9 nitrogen and oxygen atoms in total. The minimum absolute atomic E-state index is 0.206. The van der Waals surface area contributed by atoms with Crippen LogP contribution < -0.4 is 25.0 Å². The van der Waals surface area contributed by atoms with Crippen molar-refractivity contribution < 1.29 is 28.6 Å². The maximum absolute atomic E-state index is 12.5. The number of amides is 2. The van der Waals surface area contributed by atoms with Gasteiger partial charge in [0.25, 0.3) is 0 Å². The maximum atomic E-state index is 12.5. The fourth-order valence-electron chi connectivity index (χ4n) is 2.96. The van der Waals surface area contributed by atoms with E-state index in [9.17, 15) is 14.4 Å². The molecule has 0 radical (unpaired) electrons. The summed E-state index contributed by atoms with van der Waals surface area (Å²) in [5.41, 5.74) is 3.42. The van der Waals surface area contributed by atoms with Crippen LogP contribution in [0.2, 0.25) is 5.02 Å². The van der Waals surface area contributed by atoms with Crippen LogP contribution in [0.25, 0.3) is 0 Å². The number of para-hydroxylation sites is 1. The van der Waals surface area contributed by atoms with E-state index in [1.54, 1.807) is 73.7 Å². The summed E-state index contributed by atoms with van der Waals surface area (Å²) in [6.45, 7) is 1.59. The Balaban J connectivity index is 1.70. The third-order valence-corrected chi connectivity index (χ3v) is 5.09. The molecule has 0 aliphatic carbocycles. The maximum Gasteiger partial charge on any atom is 0.345 e. The van der Waals surface area contributed by atoms with E-state index >= 15 is 0 Å². The number of hydrogen-bond donors (Lipinski definition) is 2. The summed E-state index contributed by atoms with van der Waals surface area (Å²) in [6.07, 6.45) is 0. The Morgan fingerprint density at radius 1 is 0.829 bits per heavy atom. The average Bonchev–Trinajstić information content (AvgIpc) is 2.87. The average molecular weight is 496 g/mol. The van der Waals surface area contributed by atoms with Crippen molar-refractivity contribution >= 4 is 40.8 Å². The first kappa shape index (κ1) is 25.3. The highest BCUT2D eigenvalue weighted by Gasteiger charge is 2.18. The molecule has 0 aliphatic rings. The van der Waals surface area contributed by atoms with Crippen molar-refractivity contribution in [1.29, 1.82) is 0 Å². The zero-order valence-electron chi connectivity index (χ0n) is 19.1. The van der Waals surface area contributed by atoms with Gasteiger partial charge in [-0.3, -0.25) is 9.59 Å². The standard InChI is InChI=1S/C25H22ClN3O6/c1-15(17-8-5-7-11-21(17)35-25(32)18-9-4-6-10-19(18)26)28-29-24(31)23(30)27-20-13-12-16(33-2)14-22(20)34-3/h4-14H,1-3H3,(H,27,30)(H,29,31). The lowest BCUT2D eigenvalue weighted by Crippen LogP contribution is -2.33. The molecule has 0 saturated carbocycles. The number of anilines is 1. The van der Waals surface area contributed by atoms with Crippen molar-refractivity contribution in [3.63, 3.8) is 0 Å². The molecule has 0 saturated heterocycles. The van der Waals surface area contributed by atoms with Crippen LogP contribution in [-0.4, -0.2) is 37.7 Å². The monoisotopic (exact) mass is 495 g/mol. The highest BCUT2D eigenvalue weighted by Crippen LogP contribution is 2.29. The second-order valence-corrected chi connectivity index (χ2v) is 7.43. The lowest BCUT2D eigenvalue weighted by Gasteiger charge is -2.12. The first-order valence-electron chi connectivity index (χ1n) is 10.3. The Hall–Kier alpha value is -4.37. The second kappa shape index (κ2) is 11.7. The third-order valence-electron chi connectivity index (χ3n) is 4.76. The van der Waals surface area contributed by atoms with E-state index in [0.717, 1.165) is 0 Å². The molecule has 2 amide bonds. The first-order valence-corrected chi connectivity index (χ1v) is 10.7. The van der Waals surface area contributed by atoms with Crippen LogP contribution in [0, 0.1) is 0 Å². The van der Waals surface area contributed by atoms with E-state index < -0.39 is 17.8 Å². The molecule has 10 heteroatoms. The molecule has 0 spiro atoms. The summed E-state index contributed by atoms with van der Waals surface area (Å²) in [7, 11) is 2.92. The Morgan fingerprint density at radius 3 is 2.20 bits per heavy atom. The molecule has 0 aromatic heterocycles. The Kier molecular flexibility index (Phi) is 8.42. The normalized spacial score (nSPS) is 10.8. The molecule has 180 valence electrons. The predicted molar refractivity (Wildman–Crippen MR) is 131 cm³/mol. The SMILES string of the molecule is COc1ccc(NC(=O)C(=O)NN=C(C)c2ccccc2OC(=O)c2ccccc2Cl)c(OC)c1. The van der Waals surface area contributed by atoms with E-state index in [1.165, 1.54) is 14.2 Å². The molecular formula is C25H22ClN3O6. The first-order chi connectivity index (χ1) is 16.8. The molecule has 2 N–H and O–H groups in total. The third kappa shape index (κ3) is 6.36. The van der Waals surface area contributed by atoms with Gasteiger partial charge in [0.2, 0.25) is 0 Å². The number of carbonyl (C=O) groups is 3. The van der Waals surface area contributed by atoms with Crippen molar-refractivity contribution in [1.82, 2.24) is 5.43 Å². The quantitative estimate of drug-likeness (QED) is 0.168. The van der Waals surface area contributed by atoms with Gasteiger partial charge in [0.15, 0.2) is 0 Å². The van der Waals surface area contributed by atoms with Gasteiger partial charge in [0, 0.05) is 11.6 Å². The molecule has 0 fully saturated rings. The van der Waals surface area contributed by atoms with E-state index in [-0.39, 0.29) is 22.0 Å². The number of carbonyl (C=O) groups excluding carboxylic acids is 3. The minimum atomic E-state index is -1.01. The van der Waals surface area contributed by atoms with Crippen molar-refractivity contribution in [2.75, 3.05) is 19.5 Å². The van der Waals surface area contributed by atoms with Gasteiger partial charge < -0.3 is 19.5 Å². The smallest absolute Gasteiger partial charge is 0.345 e. The Bertz CT molecular complexity index is 1290. The molecular weight excluding hydrogens is 474 g/mol. The molecule has 3 aromatic rings. The van der Waals surface area contributed by atoms with E-state index in [2.05, 4.69) is 15.8 Å². The predicted octanol–water partition coefficient (Wildman–Crippen LogP) is 4.06. The summed E-state index contributed by atoms with van der Waals surface area (Å²) in [6, 6.07) is 17.8. The summed E-state index contributed by atoms with van der Waals surface area (Å²) in [4.78, 5) is 37.2. The van der Waals surface area contributed by atoms with Crippen molar-refractivity contribution in [3.05, 3.63) is 82.9 Å². The van der Waals surface area contributed by atoms with Gasteiger partial charge >= 0.3 is 17.8 Å².